The maximum Gasteiger partial charge on any atom is 0.323 e. The average Bonchev–Trinajstić information content (AvgIpc) is 3.43. The lowest BCUT2D eigenvalue weighted by atomic mass is 9.99. The standard InChI is InChI=1S/C22H17N5O4.H2/c1-31-16-4-3-14-11-27(19(28)17(14)9-16)12-22(20(29)24-21(30)25-22)7-6-13-2-5-18-15(8-13)10-23-26-18;/h2-5,8-10H,11-12H2,1H3,(H,23,26)(H2,24,25,29,30);1H/t22-;/m1./s1. The second kappa shape index (κ2) is 6.88. The van der Waals surface area contributed by atoms with Crippen LogP contribution in [0.4, 0.5) is 4.79 Å². The molecule has 3 aromatic rings. The Labute approximate surface area is 178 Å². The van der Waals surface area contributed by atoms with Gasteiger partial charge in [-0.3, -0.25) is 20.0 Å². The molecule has 9 nitrogen and oxygen atoms in total. The third-order valence-corrected chi connectivity index (χ3v) is 5.43. The zero-order valence-electron chi connectivity index (χ0n) is 16.5. The van der Waals surface area contributed by atoms with E-state index in [0.29, 0.717) is 23.4 Å². The Morgan fingerprint density at radius 2 is 2.10 bits per heavy atom. The van der Waals surface area contributed by atoms with Gasteiger partial charge in [-0.2, -0.15) is 5.10 Å². The molecule has 4 amide bonds. The van der Waals surface area contributed by atoms with Crippen molar-refractivity contribution < 1.29 is 20.5 Å². The largest absolute Gasteiger partial charge is 0.497 e. The first kappa shape index (κ1) is 18.7. The number of carbonyl (C=O) groups excluding carboxylic acids is 3. The summed E-state index contributed by atoms with van der Waals surface area (Å²) < 4.78 is 5.20. The summed E-state index contributed by atoms with van der Waals surface area (Å²) in [6, 6.07) is 10.1. The summed E-state index contributed by atoms with van der Waals surface area (Å²) in [4.78, 5) is 39.1. The van der Waals surface area contributed by atoms with Gasteiger partial charge in [0.05, 0.1) is 25.4 Å². The van der Waals surface area contributed by atoms with Crippen molar-refractivity contribution in [3.63, 3.8) is 0 Å². The molecule has 0 unspecified atom stereocenters. The Morgan fingerprint density at radius 1 is 1.23 bits per heavy atom. The van der Waals surface area contributed by atoms with Gasteiger partial charge in [-0.05, 0) is 35.9 Å². The number of aromatic nitrogens is 2. The maximum absolute atomic E-state index is 12.9. The van der Waals surface area contributed by atoms with Crippen molar-refractivity contribution in [2.75, 3.05) is 13.7 Å². The molecular formula is C22H19N5O4. The summed E-state index contributed by atoms with van der Waals surface area (Å²) in [5, 5.41) is 12.6. The minimum atomic E-state index is -1.55. The number of aromatic amines is 1. The van der Waals surface area contributed by atoms with Gasteiger partial charge in [0.25, 0.3) is 11.8 Å². The van der Waals surface area contributed by atoms with E-state index >= 15 is 0 Å². The minimum Gasteiger partial charge on any atom is -0.497 e. The topological polar surface area (TPSA) is 116 Å². The first-order chi connectivity index (χ1) is 15.0. The molecule has 0 spiro atoms. The van der Waals surface area contributed by atoms with Crippen LogP contribution >= 0.6 is 0 Å². The fourth-order valence-corrected chi connectivity index (χ4v) is 3.81. The number of H-pyrrole nitrogens is 1. The fourth-order valence-electron chi connectivity index (χ4n) is 3.81. The monoisotopic (exact) mass is 417 g/mol. The maximum atomic E-state index is 12.9. The first-order valence-electron chi connectivity index (χ1n) is 9.53. The minimum absolute atomic E-state index is 0. The number of hydrogen-bond acceptors (Lipinski definition) is 5. The summed E-state index contributed by atoms with van der Waals surface area (Å²) in [5.74, 6) is 5.61. The number of imide groups is 1. The summed E-state index contributed by atoms with van der Waals surface area (Å²) in [7, 11) is 1.53. The van der Waals surface area contributed by atoms with Crippen LogP contribution in [0.15, 0.2) is 42.6 Å². The van der Waals surface area contributed by atoms with Gasteiger partial charge in [0.1, 0.15) is 5.75 Å². The Kier molecular flexibility index (Phi) is 4.15. The van der Waals surface area contributed by atoms with Gasteiger partial charge in [-0.1, -0.05) is 17.9 Å². The predicted molar refractivity (Wildman–Crippen MR) is 112 cm³/mol. The van der Waals surface area contributed by atoms with Crippen LogP contribution in [-0.4, -0.2) is 52.1 Å². The summed E-state index contributed by atoms with van der Waals surface area (Å²) in [6.45, 7) is 0.229. The molecule has 0 radical (unpaired) electrons. The van der Waals surface area contributed by atoms with Crippen molar-refractivity contribution in [1.82, 2.24) is 25.7 Å². The van der Waals surface area contributed by atoms with E-state index in [1.807, 2.05) is 18.2 Å². The molecule has 0 saturated carbocycles. The molecule has 2 aliphatic rings. The molecule has 0 aliphatic carbocycles. The quantitative estimate of drug-likeness (QED) is 0.440. The molecule has 1 fully saturated rings. The van der Waals surface area contributed by atoms with E-state index in [2.05, 4.69) is 32.7 Å². The number of benzene rings is 2. The van der Waals surface area contributed by atoms with Gasteiger partial charge < -0.3 is 15.0 Å². The summed E-state index contributed by atoms with van der Waals surface area (Å²) in [6.07, 6.45) is 1.68. The van der Waals surface area contributed by atoms with Gasteiger partial charge >= 0.3 is 6.03 Å². The molecule has 2 aromatic carbocycles. The van der Waals surface area contributed by atoms with Crippen molar-refractivity contribution in [3.05, 3.63) is 59.3 Å². The van der Waals surface area contributed by atoms with Crippen LogP contribution in [0, 0.1) is 11.8 Å². The van der Waals surface area contributed by atoms with Crippen molar-refractivity contribution in [3.8, 4) is 17.6 Å². The fraction of sp³-hybridized carbons (Fsp3) is 0.182. The van der Waals surface area contributed by atoms with Gasteiger partial charge in [0.2, 0.25) is 5.54 Å². The molecule has 1 saturated heterocycles. The highest BCUT2D eigenvalue weighted by Crippen LogP contribution is 2.28. The van der Waals surface area contributed by atoms with Crippen LogP contribution in [0.2, 0.25) is 0 Å². The molecule has 9 heteroatoms. The second-order valence-corrected chi connectivity index (χ2v) is 7.42. The van der Waals surface area contributed by atoms with Crippen LogP contribution in [0.3, 0.4) is 0 Å². The van der Waals surface area contributed by atoms with Crippen LogP contribution in [0.25, 0.3) is 10.9 Å². The van der Waals surface area contributed by atoms with Gasteiger partial charge in [0, 0.05) is 24.5 Å². The Hall–Kier alpha value is -4.32. The van der Waals surface area contributed by atoms with E-state index in [0.717, 1.165) is 16.5 Å². The molecule has 5 rings (SSSR count). The van der Waals surface area contributed by atoms with Crippen molar-refractivity contribution in [2.24, 2.45) is 0 Å². The number of nitrogens with one attached hydrogen (secondary N) is 3. The molecule has 156 valence electrons. The smallest absolute Gasteiger partial charge is 0.323 e. The Balaban J connectivity index is 0.00000245. The highest BCUT2D eigenvalue weighted by Gasteiger charge is 2.48. The molecule has 0 bridgehead atoms. The van der Waals surface area contributed by atoms with Crippen molar-refractivity contribution in [1.29, 1.82) is 0 Å². The van der Waals surface area contributed by atoms with E-state index in [9.17, 15) is 14.4 Å². The Bertz CT molecular complexity index is 1320. The van der Waals surface area contributed by atoms with Gasteiger partial charge in [-0.25, -0.2) is 4.79 Å². The third kappa shape index (κ3) is 3.14. The molecular weight excluding hydrogens is 398 g/mol. The molecule has 1 aromatic heterocycles. The van der Waals surface area contributed by atoms with Crippen LogP contribution in [0.1, 0.15) is 22.9 Å². The van der Waals surface area contributed by atoms with Gasteiger partial charge in [-0.15, -0.1) is 0 Å². The number of urea groups is 1. The van der Waals surface area contributed by atoms with E-state index < -0.39 is 17.5 Å². The number of nitrogens with zero attached hydrogens (tertiary/aromatic N) is 2. The van der Waals surface area contributed by atoms with E-state index in [1.165, 1.54) is 12.0 Å². The second-order valence-electron chi connectivity index (χ2n) is 7.42. The number of hydrogen-bond donors (Lipinski definition) is 3. The van der Waals surface area contributed by atoms with Crippen molar-refractivity contribution >= 4 is 28.7 Å². The lowest BCUT2D eigenvalue weighted by Crippen LogP contribution is -2.54. The molecule has 31 heavy (non-hydrogen) atoms. The highest BCUT2D eigenvalue weighted by molar-refractivity contribution is 6.10. The molecule has 3 N–H and O–H groups in total. The number of carbonyl (C=O) groups is 3. The number of amides is 4. The van der Waals surface area contributed by atoms with Crippen molar-refractivity contribution in [2.45, 2.75) is 12.1 Å². The lowest BCUT2D eigenvalue weighted by Gasteiger charge is -2.26. The molecule has 1 atom stereocenters. The third-order valence-electron chi connectivity index (χ3n) is 5.43. The van der Waals surface area contributed by atoms with E-state index in [1.54, 1.807) is 24.4 Å². The Morgan fingerprint density at radius 3 is 2.87 bits per heavy atom. The summed E-state index contributed by atoms with van der Waals surface area (Å²) >= 11 is 0. The van der Waals surface area contributed by atoms with Crippen LogP contribution in [-0.2, 0) is 11.3 Å². The zero-order chi connectivity index (χ0) is 21.6. The van der Waals surface area contributed by atoms with E-state index in [-0.39, 0.29) is 13.9 Å². The predicted octanol–water partition coefficient (Wildman–Crippen LogP) is 1.40. The normalized spacial score (nSPS) is 19.6. The first-order valence-corrected chi connectivity index (χ1v) is 9.53. The molecule has 2 aliphatic heterocycles. The van der Waals surface area contributed by atoms with E-state index in [4.69, 9.17) is 4.74 Å². The summed E-state index contributed by atoms with van der Waals surface area (Å²) in [5.41, 5.74) is 1.30. The van der Waals surface area contributed by atoms with Crippen LogP contribution < -0.4 is 15.4 Å². The molecule has 3 heterocycles. The SMILES string of the molecule is COc1ccc2c(c1)C(=O)N(C[C@@]1(C#Cc3ccc4[nH]ncc4c3)NC(=O)NC1=O)C2.[HH]. The number of methoxy groups -OCH3 is 1. The van der Waals surface area contributed by atoms with Crippen LogP contribution in [0.5, 0.6) is 5.75 Å². The van der Waals surface area contributed by atoms with Gasteiger partial charge in [0.15, 0.2) is 0 Å². The lowest BCUT2D eigenvalue weighted by molar-refractivity contribution is -0.122. The average molecular weight is 417 g/mol. The number of rotatable bonds is 3. The number of fused-ring (bicyclic) bond motifs is 2. The highest BCUT2D eigenvalue weighted by atomic mass is 16.5. The zero-order valence-corrected chi connectivity index (χ0v) is 16.5. The number of ether oxygens (including phenoxy) is 1.